The number of anilines is 1. The van der Waals surface area contributed by atoms with Gasteiger partial charge >= 0.3 is 0 Å². The number of nitrogens with one attached hydrogen (secondary N) is 1. The van der Waals surface area contributed by atoms with Crippen molar-refractivity contribution in [2.75, 3.05) is 23.7 Å². The third kappa shape index (κ3) is 5.83. The second kappa shape index (κ2) is 11.1. The van der Waals surface area contributed by atoms with Crippen LogP contribution < -0.4 is 14.4 Å². The molecule has 168 valence electrons. The highest BCUT2D eigenvalue weighted by Gasteiger charge is 2.29. The number of hydrogen-bond donors (Lipinski definition) is 1. The Labute approximate surface area is 193 Å². The van der Waals surface area contributed by atoms with Crippen molar-refractivity contribution >= 4 is 33.4 Å². The van der Waals surface area contributed by atoms with E-state index in [1.807, 2.05) is 43.5 Å². The Hall–Kier alpha value is -2.97. The molecular weight excluding hydrogens is 444 g/mol. The lowest BCUT2D eigenvalue weighted by Crippen LogP contribution is -2.40. The normalized spacial score (nSPS) is 11.1. The Balaban J connectivity index is 1.93. The van der Waals surface area contributed by atoms with Crippen molar-refractivity contribution in [3.63, 3.8) is 0 Å². The summed E-state index contributed by atoms with van der Waals surface area (Å²) in [5.41, 5.74) is 1.25. The third-order valence-electron chi connectivity index (χ3n) is 4.70. The van der Waals surface area contributed by atoms with Gasteiger partial charge in [-0.15, -0.1) is 11.8 Å². The number of carbonyl (C=O) groups is 1. The van der Waals surface area contributed by atoms with Crippen LogP contribution in [0.15, 0.2) is 88.7 Å². The first kappa shape index (κ1) is 23.7. The maximum atomic E-state index is 13.6. The van der Waals surface area contributed by atoms with E-state index in [0.29, 0.717) is 24.6 Å². The van der Waals surface area contributed by atoms with Gasteiger partial charge in [-0.1, -0.05) is 42.5 Å². The SMILES string of the molecule is CCOc1ccccc1N(CC(=O)NCc1ccccc1)S(=O)(=O)c1ccc(SC)cc1. The van der Waals surface area contributed by atoms with Crippen LogP contribution in [0, 0.1) is 0 Å². The molecule has 6 nitrogen and oxygen atoms in total. The average molecular weight is 471 g/mol. The van der Waals surface area contributed by atoms with E-state index >= 15 is 0 Å². The van der Waals surface area contributed by atoms with Gasteiger partial charge in [-0.25, -0.2) is 8.42 Å². The van der Waals surface area contributed by atoms with Gasteiger partial charge < -0.3 is 10.1 Å². The second-order valence-corrected chi connectivity index (χ2v) is 9.59. The van der Waals surface area contributed by atoms with Crippen LogP contribution in [0.3, 0.4) is 0 Å². The Kier molecular flexibility index (Phi) is 8.19. The lowest BCUT2D eigenvalue weighted by molar-refractivity contribution is -0.119. The number of rotatable bonds is 10. The largest absolute Gasteiger partial charge is 0.492 e. The summed E-state index contributed by atoms with van der Waals surface area (Å²) in [5.74, 6) is -0.0142. The van der Waals surface area contributed by atoms with Crippen LogP contribution >= 0.6 is 11.8 Å². The Morgan fingerprint density at radius 2 is 1.62 bits per heavy atom. The fraction of sp³-hybridized carbons (Fsp3) is 0.208. The molecule has 0 saturated carbocycles. The molecule has 0 radical (unpaired) electrons. The first-order valence-corrected chi connectivity index (χ1v) is 12.8. The summed E-state index contributed by atoms with van der Waals surface area (Å²) in [6.07, 6.45) is 1.92. The van der Waals surface area contributed by atoms with E-state index in [0.717, 1.165) is 14.8 Å². The molecule has 0 fully saturated rings. The van der Waals surface area contributed by atoms with Crippen molar-refractivity contribution in [1.82, 2.24) is 5.32 Å². The molecule has 0 atom stereocenters. The summed E-state index contributed by atoms with van der Waals surface area (Å²) >= 11 is 1.52. The lowest BCUT2D eigenvalue weighted by Gasteiger charge is -2.26. The highest BCUT2D eigenvalue weighted by molar-refractivity contribution is 7.98. The number of ether oxygens (including phenoxy) is 1. The van der Waals surface area contributed by atoms with E-state index in [9.17, 15) is 13.2 Å². The van der Waals surface area contributed by atoms with Gasteiger partial charge in [0.15, 0.2) is 0 Å². The molecule has 0 heterocycles. The number of thioether (sulfide) groups is 1. The first-order valence-electron chi connectivity index (χ1n) is 10.1. The van der Waals surface area contributed by atoms with Gasteiger partial charge in [0.05, 0.1) is 17.2 Å². The second-order valence-electron chi connectivity index (χ2n) is 6.85. The van der Waals surface area contributed by atoms with Gasteiger partial charge in [0, 0.05) is 11.4 Å². The molecule has 0 saturated heterocycles. The van der Waals surface area contributed by atoms with Crippen molar-refractivity contribution < 1.29 is 17.9 Å². The molecule has 0 aliphatic rings. The van der Waals surface area contributed by atoms with Crippen LogP contribution in [-0.2, 0) is 21.4 Å². The van der Waals surface area contributed by atoms with Crippen LogP contribution in [-0.4, -0.2) is 33.7 Å². The van der Waals surface area contributed by atoms with Gasteiger partial charge in [-0.3, -0.25) is 9.10 Å². The van der Waals surface area contributed by atoms with Crippen molar-refractivity contribution in [2.45, 2.75) is 23.3 Å². The zero-order valence-corrected chi connectivity index (χ0v) is 19.7. The zero-order chi connectivity index (χ0) is 23.0. The summed E-state index contributed by atoms with van der Waals surface area (Å²) in [5, 5.41) is 2.80. The highest BCUT2D eigenvalue weighted by atomic mass is 32.2. The van der Waals surface area contributed by atoms with Gasteiger partial charge in [0.25, 0.3) is 10.0 Å². The Morgan fingerprint density at radius 3 is 2.28 bits per heavy atom. The maximum absolute atomic E-state index is 13.6. The summed E-state index contributed by atoms with van der Waals surface area (Å²) < 4.78 is 33.9. The summed E-state index contributed by atoms with van der Waals surface area (Å²) in [4.78, 5) is 13.8. The number of carbonyl (C=O) groups excluding carboxylic acids is 1. The molecule has 3 rings (SSSR count). The fourth-order valence-corrected chi connectivity index (χ4v) is 4.94. The van der Waals surface area contributed by atoms with E-state index in [4.69, 9.17) is 4.74 Å². The predicted molar refractivity (Wildman–Crippen MR) is 129 cm³/mol. The molecule has 1 N–H and O–H groups in total. The summed E-state index contributed by atoms with van der Waals surface area (Å²) in [6.45, 7) is 2.13. The molecule has 0 aliphatic carbocycles. The molecule has 0 spiro atoms. The minimum Gasteiger partial charge on any atom is -0.492 e. The van der Waals surface area contributed by atoms with Crippen molar-refractivity contribution in [3.8, 4) is 5.75 Å². The number of para-hydroxylation sites is 2. The van der Waals surface area contributed by atoms with Gasteiger partial charge in [0.2, 0.25) is 5.91 Å². The summed E-state index contributed by atoms with van der Waals surface area (Å²) in [6, 6.07) is 22.9. The summed E-state index contributed by atoms with van der Waals surface area (Å²) in [7, 11) is -4.01. The molecule has 32 heavy (non-hydrogen) atoms. The van der Waals surface area contributed by atoms with Crippen LogP contribution in [0.5, 0.6) is 5.75 Å². The minimum absolute atomic E-state index is 0.109. The lowest BCUT2D eigenvalue weighted by atomic mass is 10.2. The van der Waals surface area contributed by atoms with Crippen LogP contribution in [0.25, 0.3) is 0 Å². The molecule has 3 aromatic carbocycles. The number of hydrogen-bond acceptors (Lipinski definition) is 5. The first-order chi connectivity index (χ1) is 15.5. The predicted octanol–water partition coefficient (Wildman–Crippen LogP) is 4.32. The van der Waals surface area contributed by atoms with E-state index in [-0.39, 0.29) is 11.4 Å². The standard InChI is InChI=1S/C24H26N2O4S2/c1-3-30-23-12-8-7-11-22(23)26(18-24(27)25-17-19-9-5-4-6-10-19)32(28,29)21-15-13-20(31-2)14-16-21/h4-16H,3,17-18H2,1-2H3,(H,25,27). The third-order valence-corrected chi connectivity index (χ3v) is 7.22. The van der Waals surface area contributed by atoms with E-state index in [1.54, 1.807) is 48.5 Å². The van der Waals surface area contributed by atoms with E-state index in [2.05, 4.69) is 5.32 Å². The van der Waals surface area contributed by atoms with Crippen LogP contribution in [0.4, 0.5) is 5.69 Å². The Bertz CT molecular complexity index is 1130. The number of nitrogens with zero attached hydrogens (tertiary/aromatic N) is 1. The van der Waals surface area contributed by atoms with Crippen molar-refractivity contribution in [1.29, 1.82) is 0 Å². The monoisotopic (exact) mass is 470 g/mol. The molecule has 8 heteroatoms. The van der Waals surface area contributed by atoms with E-state index < -0.39 is 15.9 Å². The highest BCUT2D eigenvalue weighted by Crippen LogP contribution is 2.32. The quantitative estimate of drug-likeness (QED) is 0.447. The number of amides is 1. The molecule has 3 aromatic rings. The van der Waals surface area contributed by atoms with Crippen LogP contribution in [0.1, 0.15) is 12.5 Å². The van der Waals surface area contributed by atoms with Gasteiger partial charge in [-0.05, 0) is 55.1 Å². The molecule has 1 amide bonds. The fourth-order valence-electron chi connectivity index (χ4n) is 3.10. The maximum Gasteiger partial charge on any atom is 0.264 e. The molecule has 0 bridgehead atoms. The average Bonchev–Trinajstić information content (AvgIpc) is 2.82. The minimum atomic E-state index is -4.01. The van der Waals surface area contributed by atoms with Crippen molar-refractivity contribution in [2.24, 2.45) is 0 Å². The zero-order valence-electron chi connectivity index (χ0n) is 18.0. The smallest absolute Gasteiger partial charge is 0.264 e. The Morgan fingerprint density at radius 1 is 0.969 bits per heavy atom. The van der Waals surface area contributed by atoms with Crippen molar-refractivity contribution in [3.05, 3.63) is 84.4 Å². The number of sulfonamides is 1. The van der Waals surface area contributed by atoms with Crippen LogP contribution in [0.2, 0.25) is 0 Å². The van der Waals surface area contributed by atoms with E-state index in [1.165, 1.54) is 11.8 Å². The molecule has 0 unspecified atom stereocenters. The number of benzene rings is 3. The molecule has 0 aromatic heterocycles. The van der Waals surface area contributed by atoms with Gasteiger partial charge in [0.1, 0.15) is 12.3 Å². The molecule has 0 aliphatic heterocycles. The molecular formula is C24H26N2O4S2. The van der Waals surface area contributed by atoms with Gasteiger partial charge in [-0.2, -0.15) is 0 Å². The topological polar surface area (TPSA) is 75.7 Å².